The van der Waals surface area contributed by atoms with E-state index in [-0.39, 0.29) is 5.69 Å². The van der Waals surface area contributed by atoms with E-state index in [2.05, 4.69) is 20.6 Å². The minimum absolute atomic E-state index is 0.0713. The smallest absolute Gasteiger partial charge is 0.271 e. The monoisotopic (exact) mass is 261 g/mol. The minimum Gasteiger partial charge on any atom is -0.352 e. The number of rotatable bonds is 3. The van der Waals surface area contributed by atoms with E-state index in [0.717, 1.165) is 31.4 Å². The number of non-ortho nitro benzene ring substituents is 1. The summed E-state index contributed by atoms with van der Waals surface area (Å²) in [5.41, 5.74) is 1.49. The van der Waals surface area contributed by atoms with Gasteiger partial charge < -0.3 is 15.6 Å². The number of nitrogens with zero attached hydrogens (tertiary/aromatic N) is 2. The molecule has 1 fully saturated rings. The van der Waals surface area contributed by atoms with E-state index in [1.165, 1.54) is 12.1 Å². The zero-order valence-corrected chi connectivity index (χ0v) is 10.3. The van der Waals surface area contributed by atoms with Gasteiger partial charge in [-0.3, -0.25) is 10.1 Å². The van der Waals surface area contributed by atoms with Crippen molar-refractivity contribution in [3.63, 3.8) is 0 Å². The molecule has 1 aromatic carbocycles. The molecule has 0 spiro atoms. The number of anilines is 1. The molecule has 0 radical (unpaired) electrons. The standard InChI is InChI=1S/C12H15N5O2/c18-17(19)9-3-4-10-11(6-9)16-12(15-10)14-8-2-1-5-13-7-8/h3-4,6,8,13H,1-2,5,7H2,(H2,14,15,16)/t8-/m0/s1. The van der Waals surface area contributed by atoms with E-state index >= 15 is 0 Å². The van der Waals surface area contributed by atoms with Crippen molar-refractivity contribution in [2.45, 2.75) is 18.9 Å². The van der Waals surface area contributed by atoms with Crippen molar-refractivity contribution in [2.24, 2.45) is 0 Å². The molecule has 1 aliphatic heterocycles. The van der Waals surface area contributed by atoms with E-state index in [9.17, 15) is 10.1 Å². The molecule has 7 heteroatoms. The van der Waals surface area contributed by atoms with Crippen molar-refractivity contribution in [1.29, 1.82) is 0 Å². The molecular formula is C12H15N5O2. The lowest BCUT2D eigenvalue weighted by molar-refractivity contribution is -0.384. The molecule has 3 rings (SSSR count). The Bertz CT molecular complexity index is 603. The number of hydrogen-bond acceptors (Lipinski definition) is 5. The molecule has 2 heterocycles. The van der Waals surface area contributed by atoms with Crippen LogP contribution in [0.3, 0.4) is 0 Å². The summed E-state index contributed by atoms with van der Waals surface area (Å²) in [7, 11) is 0. The van der Waals surface area contributed by atoms with Crippen molar-refractivity contribution in [3.05, 3.63) is 28.3 Å². The number of nitro benzene ring substituents is 1. The molecule has 0 saturated carbocycles. The Hall–Kier alpha value is -2.15. The fraction of sp³-hybridized carbons (Fsp3) is 0.417. The first-order valence-corrected chi connectivity index (χ1v) is 6.34. The van der Waals surface area contributed by atoms with Gasteiger partial charge in [0.15, 0.2) is 0 Å². The molecule has 0 amide bonds. The summed E-state index contributed by atoms with van der Waals surface area (Å²) in [6.07, 6.45) is 2.24. The third kappa shape index (κ3) is 2.50. The Morgan fingerprint density at radius 1 is 1.47 bits per heavy atom. The van der Waals surface area contributed by atoms with E-state index in [1.54, 1.807) is 6.07 Å². The van der Waals surface area contributed by atoms with Crippen LogP contribution in [0.4, 0.5) is 11.6 Å². The highest BCUT2D eigenvalue weighted by Gasteiger charge is 2.15. The third-order valence-corrected chi connectivity index (χ3v) is 3.31. The number of fused-ring (bicyclic) bond motifs is 1. The lowest BCUT2D eigenvalue weighted by Gasteiger charge is -2.23. The number of piperidine rings is 1. The van der Waals surface area contributed by atoms with E-state index < -0.39 is 4.92 Å². The molecular weight excluding hydrogens is 246 g/mol. The van der Waals surface area contributed by atoms with Crippen LogP contribution in [0.5, 0.6) is 0 Å². The number of aromatic amines is 1. The van der Waals surface area contributed by atoms with E-state index in [4.69, 9.17) is 0 Å². The maximum absolute atomic E-state index is 10.7. The number of nitrogens with one attached hydrogen (secondary N) is 3. The Kier molecular flexibility index (Phi) is 3.04. The topological polar surface area (TPSA) is 95.9 Å². The minimum atomic E-state index is -0.404. The molecule has 2 aromatic rings. The van der Waals surface area contributed by atoms with Crippen LogP contribution in [0.1, 0.15) is 12.8 Å². The average molecular weight is 261 g/mol. The fourth-order valence-corrected chi connectivity index (χ4v) is 2.35. The SMILES string of the molecule is O=[N+]([O-])c1ccc2nc(N[C@H]3CCCNC3)[nH]c2c1. The van der Waals surface area contributed by atoms with Crippen LogP contribution in [0.15, 0.2) is 18.2 Å². The predicted molar refractivity (Wildman–Crippen MR) is 72.3 cm³/mol. The summed E-state index contributed by atoms with van der Waals surface area (Å²) in [6.45, 7) is 1.97. The second-order valence-corrected chi connectivity index (χ2v) is 4.73. The molecule has 7 nitrogen and oxygen atoms in total. The van der Waals surface area contributed by atoms with Gasteiger partial charge in [0.1, 0.15) is 0 Å². The lowest BCUT2D eigenvalue weighted by Crippen LogP contribution is -2.38. The van der Waals surface area contributed by atoms with Gasteiger partial charge in [-0.05, 0) is 25.5 Å². The van der Waals surface area contributed by atoms with Crippen LogP contribution < -0.4 is 10.6 Å². The van der Waals surface area contributed by atoms with E-state index in [1.807, 2.05) is 0 Å². The van der Waals surface area contributed by atoms with E-state index in [0.29, 0.717) is 17.5 Å². The first-order valence-electron chi connectivity index (χ1n) is 6.34. The number of hydrogen-bond donors (Lipinski definition) is 3. The largest absolute Gasteiger partial charge is 0.352 e. The average Bonchev–Trinajstić information content (AvgIpc) is 2.80. The summed E-state index contributed by atoms with van der Waals surface area (Å²) in [5.74, 6) is 0.671. The molecule has 1 atom stereocenters. The van der Waals surface area contributed by atoms with Gasteiger partial charge in [0.25, 0.3) is 5.69 Å². The molecule has 100 valence electrons. The summed E-state index contributed by atoms with van der Waals surface area (Å²) < 4.78 is 0. The highest BCUT2D eigenvalue weighted by molar-refractivity contribution is 5.79. The maximum Gasteiger partial charge on any atom is 0.271 e. The van der Waals surface area contributed by atoms with Crippen LogP contribution in [0, 0.1) is 10.1 Å². The van der Waals surface area contributed by atoms with Crippen LogP contribution in [0.2, 0.25) is 0 Å². The Balaban J connectivity index is 1.82. The van der Waals surface area contributed by atoms with Crippen LogP contribution in [-0.4, -0.2) is 34.0 Å². The summed E-state index contributed by atoms with van der Waals surface area (Å²) in [4.78, 5) is 17.8. The first-order chi connectivity index (χ1) is 9.22. The Morgan fingerprint density at radius 2 is 2.37 bits per heavy atom. The molecule has 0 aliphatic carbocycles. The predicted octanol–water partition coefficient (Wildman–Crippen LogP) is 1.63. The summed E-state index contributed by atoms with van der Waals surface area (Å²) in [5, 5.41) is 17.4. The van der Waals surface area contributed by atoms with Gasteiger partial charge in [-0.1, -0.05) is 0 Å². The van der Waals surface area contributed by atoms with Gasteiger partial charge in [-0.2, -0.15) is 0 Å². The molecule has 1 aliphatic rings. The van der Waals surface area contributed by atoms with Crippen LogP contribution >= 0.6 is 0 Å². The Morgan fingerprint density at radius 3 is 3.11 bits per heavy atom. The number of benzene rings is 1. The van der Waals surface area contributed by atoms with Gasteiger partial charge in [0.05, 0.1) is 16.0 Å². The van der Waals surface area contributed by atoms with Gasteiger partial charge >= 0.3 is 0 Å². The molecule has 19 heavy (non-hydrogen) atoms. The van der Waals surface area contributed by atoms with Crippen molar-refractivity contribution in [2.75, 3.05) is 18.4 Å². The molecule has 0 unspecified atom stereocenters. The van der Waals surface area contributed by atoms with Crippen molar-refractivity contribution >= 4 is 22.7 Å². The number of aromatic nitrogens is 2. The maximum atomic E-state index is 10.7. The number of nitro groups is 1. The van der Waals surface area contributed by atoms with Crippen molar-refractivity contribution in [1.82, 2.24) is 15.3 Å². The fourth-order valence-electron chi connectivity index (χ4n) is 2.35. The summed E-state index contributed by atoms with van der Waals surface area (Å²) in [6, 6.07) is 4.99. The highest BCUT2D eigenvalue weighted by Crippen LogP contribution is 2.21. The van der Waals surface area contributed by atoms with Crippen LogP contribution in [0.25, 0.3) is 11.0 Å². The molecule has 1 aromatic heterocycles. The number of H-pyrrole nitrogens is 1. The lowest BCUT2D eigenvalue weighted by atomic mass is 10.1. The van der Waals surface area contributed by atoms with Crippen molar-refractivity contribution < 1.29 is 4.92 Å². The van der Waals surface area contributed by atoms with Gasteiger partial charge in [-0.15, -0.1) is 0 Å². The highest BCUT2D eigenvalue weighted by atomic mass is 16.6. The number of imidazole rings is 1. The zero-order chi connectivity index (χ0) is 13.2. The second kappa shape index (κ2) is 4.85. The van der Waals surface area contributed by atoms with Gasteiger partial charge in [0.2, 0.25) is 5.95 Å². The first kappa shape index (κ1) is 11.9. The summed E-state index contributed by atoms with van der Waals surface area (Å²) >= 11 is 0. The second-order valence-electron chi connectivity index (χ2n) is 4.73. The molecule has 0 bridgehead atoms. The van der Waals surface area contributed by atoms with Crippen molar-refractivity contribution in [3.8, 4) is 0 Å². The molecule has 1 saturated heterocycles. The van der Waals surface area contributed by atoms with Crippen LogP contribution in [-0.2, 0) is 0 Å². The quantitative estimate of drug-likeness (QED) is 0.576. The third-order valence-electron chi connectivity index (χ3n) is 3.31. The Labute approximate surface area is 109 Å². The van der Waals surface area contributed by atoms with Gasteiger partial charge in [-0.25, -0.2) is 4.98 Å². The normalized spacial score (nSPS) is 19.5. The van der Waals surface area contributed by atoms with Gasteiger partial charge in [0, 0.05) is 24.7 Å². The molecule has 3 N–H and O–H groups in total. The zero-order valence-electron chi connectivity index (χ0n) is 10.3.